The van der Waals surface area contributed by atoms with Crippen molar-refractivity contribution in [1.82, 2.24) is 0 Å². The van der Waals surface area contributed by atoms with Crippen molar-refractivity contribution in [2.45, 2.75) is 33.1 Å². The van der Waals surface area contributed by atoms with Gasteiger partial charge in [0.25, 0.3) is 0 Å². The summed E-state index contributed by atoms with van der Waals surface area (Å²) >= 11 is 0. The van der Waals surface area contributed by atoms with E-state index in [4.69, 9.17) is 5.21 Å². The van der Waals surface area contributed by atoms with Gasteiger partial charge in [-0.15, -0.1) is 0 Å². The lowest BCUT2D eigenvalue weighted by Gasteiger charge is -2.18. The highest BCUT2D eigenvalue weighted by atomic mass is 16.4. The van der Waals surface area contributed by atoms with Crippen molar-refractivity contribution in [2.75, 3.05) is 0 Å². The van der Waals surface area contributed by atoms with Gasteiger partial charge in [-0.05, 0) is 17.9 Å². The third-order valence-corrected chi connectivity index (χ3v) is 2.49. The molecule has 0 spiro atoms. The quantitative estimate of drug-likeness (QED) is 0.360. The van der Waals surface area contributed by atoms with Crippen LogP contribution in [0.1, 0.15) is 43.6 Å². The van der Waals surface area contributed by atoms with E-state index in [1.165, 1.54) is 12.5 Å². The largest absolute Gasteiger partial charge is 0.411 e. The van der Waals surface area contributed by atoms with Crippen molar-refractivity contribution in [1.29, 1.82) is 0 Å². The van der Waals surface area contributed by atoms with Gasteiger partial charge in [-0.1, -0.05) is 50.2 Å². The second kappa shape index (κ2) is 4.47. The van der Waals surface area contributed by atoms with E-state index in [2.05, 4.69) is 25.9 Å². The van der Waals surface area contributed by atoms with E-state index < -0.39 is 0 Å². The molecule has 0 amide bonds. The van der Waals surface area contributed by atoms with Gasteiger partial charge in [0.1, 0.15) is 5.71 Å². The number of hydrogen-bond acceptors (Lipinski definition) is 3. The Morgan fingerprint density at radius 2 is 1.69 bits per heavy atom. The average molecular weight is 219 g/mol. The molecule has 16 heavy (non-hydrogen) atoms. The third kappa shape index (κ3) is 2.69. The van der Waals surface area contributed by atoms with E-state index in [0.29, 0.717) is 5.56 Å². The fraction of sp³-hybridized carbons (Fsp3) is 0.385. The Bertz CT molecular complexity index is 411. The Hall–Kier alpha value is -1.64. The molecule has 0 aliphatic rings. The van der Waals surface area contributed by atoms with Crippen molar-refractivity contribution in [3.05, 3.63) is 35.4 Å². The lowest BCUT2D eigenvalue weighted by molar-refractivity contribution is 0.106. The van der Waals surface area contributed by atoms with Crippen LogP contribution in [0.5, 0.6) is 0 Å². The third-order valence-electron chi connectivity index (χ3n) is 2.49. The van der Waals surface area contributed by atoms with Crippen molar-refractivity contribution >= 4 is 11.5 Å². The maximum Gasteiger partial charge on any atom is 0.210 e. The first kappa shape index (κ1) is 12.4. The number of carbonyl (C=O) groups is 1. The van der Waals surface area contributed by atoms with E-state index in [-0.39, 0.29) is 16.9 Å². The van der Waals surface area contributed by atoms with E-state index in [1.807, 2.05) is 12.1 Å². The highest BCUT2D eigenvalue weighted by Gasteiger charge is 2.15. The number of hydrogen-bond donors (Lipinski definition) is 1. The van der Waals surface area contributed by atoms with E-state index in [9.17, 15) is 4.79 Å². The number of ketones is 1. The van der Waals surface area contributed by atoms with Crippen molar-refractivity contribution in [3.63, 3.8) is 0 Å². The number of carbonyl (C=O) groups excluding carboxylic acids is 1. The summed E-state index contributed by atoms with van der Waals surface area (Å²) in [7, 11) is 0. The van der Waals surface area contributed by atoms with Crippen LogP contribution in [0.2, 0.25) is 0 Å². The molecule has 0 fully saturated rings. The van der Waals surface area contributed by atoms with Crippen LogP contribution in [0.4, 0.5) is 0 Å². The molecule has 0 heterocycles. The molecule has 3 heteroatoms. The highest BCUT2D eigenvalue weighted by Crippen LogP contribution is 2.22. The standard InChI is InChI=1S/C13H17NO2/c1-9(14-16)12(15)10-5-7-11(8-6-10)13(2,3)4/h5-8,16H,1-4H3/b14-9-. The van der Waals surface area contributed by atoms with Crippen LogP contribution in [0.3, 0.4) is 0 Å². The first-order valence-electron chi connectivity index (χ1n) is 5.20. The lowest BCUT2D eigenvalue weighted by Crippen LogP contribution is -2.13. The van der Waals surface area contributed by atoms with Crippen molar-refractivity contribution < 1.29 is 10.0 Å². The van der Waals surface area contributed by atoms with Gasteiger partial charge in [0.05, 0.1) is 0 Å². The molecule has 0 bridgehead atoms. The van der Waals surface area contributed by atoms with E-state index >= 15 is 0 Å². The molecule has 1 aromatic carbocycles. The average Bonchev–Trinajstić information content (AvgIpc) is 2.26. The number of Topliss-reactive ketones (excluding diaryl/α,β-unsaturated/α-hetero) is 1. The Balaban J connectivity index is 3.01. The minimum Gasteiger partial charge on any atom is -0.411 e. The molecule has 0 radical (unpaired) electrons. The Morgan fingerprint density at radius 3 is 2.06 bits per heavy atom. The molecule has 3 nitrogen and oxygen atoms in total. The van der Waals surface area contributed by atoms with Crippen LogP contribution in [-0.4, -0.2) is 16.7 Å². The molecule has 0 saturated carbocycles. The second-order valence-corrected chi connectivity index (χ2v) is 4.84. The van der Waals surface area contributed by atoms with Crippen molar-refractivity contribution in [2.24, 2.45) is 5.16 Å². The SMILES string of the molecule is C/C(=N/O)C(=O)c1ccc(C(C)(C)C)cc1. The summed E-state index contributed by atoms with van der Waals surface area (Å²) < 4.78 is 0. The normalized spacial score (nSPS) is 12.6. The minimum absolute atomic E-state index is 0.0711. The van der Waals surface area contributed by atoms with Crippen LogP contribution in [-0.2, 0) is 5.41 Å². The number of oxime groups is 1. The summed E-state index contributed by atoms with van der Waals surface area (Å²) in [5.41, 5.74) is 1.89. The molecule has 0 aliphatic carbocycles. The van der Waals surface area contributed by atoms with Crippen LogP contribution in [0, 0.1) is 0 Å². The topological polar surface area (TPSA) is 49.7 Å². The number of rotatable bonds is 2. The zero-order valence-electron chi connectivity index (χ0n) is 10.1. The first-order chi connectivity index (χ1) is 7.36. The number of benzene rings is 1. The maximum absolute atomic E-state index is 11.6. The second-order valence-electron chi connectivity index (χ2n) is 4.84. The van der Waals surface area contributed by atoms with Gasteiger partial charge in [0, 0.05) is 5.56 Å². The molecule has 1 aromatic rings. The fourth-order valence-electron chi connectivity index (χ4n) is 1.38. The summed E-state index contributed by atoms with van der Waals surface area (Å²) in [5, 5.41) is 11.4. The van der Waals surface area contributed by atoms with Gasteiger partial charge in [-0.3, -0.25) is 4.79 Å². The zero-order chi connectivity index (χ0) is 12.3. The maximum atomic E-state index is 11.6. The van der Waals surface area contributed by atoms with Gasteiger partial charge in [-0.25, -0.2) is 0 Å². The monoisotopic (exact) mass is 219 g/mol. The van der Waals surface area contributed by atoms with Gasteiger partial charge in [-0.2, -0.15) is 0 Å². The molecule has 0 saturated heterocycles. The highest BCUT2D eigenvalue weighted by molar-refractivity contribution is 6.45. The summed E-state index contributed by atoms with van der Waals surface area (Å²) in [5.74, 6) is -0.247. The summed E-state index contributed by atoms with van der Waals surface area (Å²) in [6.07, 6.45) is 0. The van der Waals surface area contributed by atoms with Gasteiger partial charge < -0.3 is 5.21 Å². The van der Waals surface area contributed by atoms with E-state index in [1.54, 1.807) is 12.1 Å². The van der Waals surface area contributed by atoms with Crippen LogP contribution in [0.25, 0.3) is 0 Å². The molecular weight excluding hydrogens is 202 g/mol. The molecule has 1 rings (SSSR count). The van der Waals surface area contributed by atoms with Gasteiger partial charge in [0.2, 0.25) is 5.78 Å². The van der Waals surface area contributed by atoms with Gasteiger partial charge >= 0.3 is 0 Å². The Morgan fingerprint density at radius 1 is 1.19 bits per heavy atom. The van der Waals surface area contributed by atoms with Crippen LogP contribution in [0.15, 0.2) is 29.4 Å². The number of nitrogens with zero attached hydrogens (tertiary/aromatic N) is 1. The predicted molar refractivity (Wildman–Crippen MR) is 64.4 cm³/mol. The van der Waals surface area contributed by atoms with E-state index in [0.717, 1.165) is 0 Å². The van der Waals surface area contributed by atoms with Crippen molar-refractivity contribution in [3.8, 4) is 0 Å². The summed E-state index contributed by atoms with van der Waals surface area (Å²) in [4.78, 5) is 11.6. The molecule has 0 unspecified atom stereocenters. The fourth-order valence-corrected chi connectivity index (χ4v) is 1.38. The Kier molecular flexibility index (Phi) is 3.48. The molecule has 0 aromatic heterocycles. The molecule has 0 atom stereocenters. The smallest absolute Gasteiger partial charge is 0.210 e. The Labute approximate surface area is 95.8 Å². The molecular formula is C13H17NO2. The molecule has 86 valence electrons. The summed E-state index contributed by atoms with van der Waals surface area (Å²) in [6.45, 7) is 7.83. The first-order valence-corrected chi connectivity index (χ1v) is 5.20. The summed E-state index contributed by atoms with van der Waals surface area (Å²) in [6, 6.07) is 7.38. The lowest BCUT2D eigenvalue weighted by atomic mass is 9.86. The van der Waals surface area contributed by atoms with Crippen LogP contribution < -0.4 is 0 Å². The van der Waals surface area contributed by atoms with Crippen LogP contribution >= 0.6 is 0 Å². The van der Waals surface area contributed by atoms with Gasteiger partial charge in [0.15, 0.2) is 0 Å². The minimum atomic E-state index is -0.247. The molecule has 1 N–H and O–H groups in total. The molecule has 0 aliphatic heterocycles. The zero-order valence-corrected chi connectivity index (χ0v) is 10.1. The predicted octanol–water partition coefficient (Wildman–Crippen LogP) is 3.02.